The second-order valence-corrected chi connectivity index (χ2v) is 11.6. The number of carbonyl (C=O) groups excluding carboxylic acids is 1. The van der Waals surface area contributed by atoms with Gasteiger partial charge in [0.15, 0.2) is 15.0 Å². The minimum absolute atomic E-state index is 0.0423. The van der Waals surface area contributed by atoms with Crippen molar-refractivity contribution in [2.75, 3.05) is 23.8 Å². The molecule has 32 heavy (non-hydrogen) atoms. The number of nitrogens with zero attached hydrogens (tertiary/aromatic N) is 2. The molecule has 2 aliphatic rings. The summed E-state index contributed by atoms with van der Waals surface area (Å²) in [7, 11) is -3.54. The zero-order valence-corrected chi connectivity index (χ0v) is 19.5. The molecule has 1 amide bonds. The number of thiazole rings is 1. The van der Waals surface area contributed by atoms with Crippen LogP contribution in [0.4, 0.5) is 5.13 Å². The number of sulfone groups is 1. The van der Waals surface area contributed by atoms with Gasteiger partial charge in [-0.25, -0.2) is 13.4 Å². The number of aryl methyl sites for hydroxylation is 2. The lowest BCUT2D eigenvalue weighted by molar-refractivity contribution is -0.118. The molecule has 0 radical (unpaired) electrons. The number of ether oxygens (including phenoxy) is 1. The fraction of sp³-hybridized carbons (Fsp3) is 0.417. The van der Waals surface area contributed by atoms with E-state index in [1.54, 1.807) is 17.0 Å². The monoisotopic (exact) mass is 470 g/mol. The van der Waals surface area contributed by atoms with Gasteiger partial charge in [-0.3, -0.25) is 9.69 Å². The van der Waals surface area contributed by atoms with Crippen molar-refractivity contribution in [1.82, 2.24) is 4.98 Å². The van der Waals surface area contributed by atoms with E-state index in [2.05, 4.69) is 4.98 Å². The van der Waals surface area contributed by atoms with Gasteiger partial charge in [0.1, 0.15) is 0 Å². The summed E-state index contributed by atoms with van der Waals surface area (Å²) in [5.41, 5.74) is 3.19. The molecule has 1 aromatic heterocycles. The van der Waals surface area contributed by atoms with Crippen molar-refractivity contribution < 1.29 is 17.9 Å². The number of hydrogen-bond acceptors (Lipinski definition) is 6. The number of anilines is 1. The summed E-state index contributed by atoms with van der Waals surface area (Å²) in [6, 6.07) is 13.1. The zero-order valence-electron chi connectivity index (χ0n) is 17.8. The van der Waals surface area contributed by atoms with E-state index in [1.165, 1.54) is 16.9 Å². The highest BCUT2D eigenvalue weighted by Gasteiger charge is 2.28. The van der Waals surface area contributed by atoms with E-state index in [0.29, 0.717) is 23.2 Å². The summed E-state index contributed by atoms with van der Waals surface area (Å²) < 4.78 is 32.7. The van der Waals surface area contributed by atoms with Crippen molar-refractivity contribution in [2.45, 2.75) is 49.5 Å². The minimum atomic E-state index is -3.54. The molecule has 8 heteroatoms. The molecular formula is C24H26N2O4S2. The molecule has 1 saturated heterocycles. The van der Waals surface area contributed by atoms with Crippen LogP contribution >= 0.6 is 11.3 Å². The number of para-hydroxylation sites is 1. The maximum atomic E-state index is 13.2. The first-order chi connectivity index (χ1) is 15.5. The number of benzene rings is 2. The zero-order chi connectivity index (χ0) is 22.1. The Morgan fingerprint density at radius 2 is 1.97 bits per heavy atom. The van der Waals surface area contributed by atoms with Gasteiger partial charge in [0.25, 0.3) is 0 Å². The smallest absolute Gasteiger partial charge is 0.229 e. The first kappa shape index (κ1) is 21.6. The Kier molecular flexibility index (Phi) is 6.01. The molecule has 0 saturated carbocycles. The molecule has 0 bridgehead atoms. The fourth-order valence-corrected chi connectivity index (χ4v) is 6.74. The highest BCUT2D eigenvalue weighted by atomic mass is 32.2. The Bertz CT molecular complexity index is 1210. The summed E-state index contributed by atoms with van der Waals surface area (Å²) in [6.07, 6.45) is 4.74. The number of amides is 1. The maximum absolute atomic E-state index is 13.2. The molecule has 1 aliphatic carbocycles. The molecule has 6 nitrogen and oxygen atoms in total. The van der Waals surface area contributed by atoms with Crippen LogP contribution in [0.25, 0.3) is 10.2 Å². The summed E-state index contributed by atoms with van der Waals surface area (Å²) in [4.78, 5) is 19.8. The number of fused-ring (bicyclic) bond motifs is 2. The van der Waals surface area contributed by atoms with E-state index in [-0.39, 0.29) is 24.2 Å². The van der Waals surface area contributed by atoms with Gasteiger partial charge in [-0.1, -0.05) is 29.5 Å². The first-order valence-electron chi connectivity index (χ1n) is 11.1. The van der Waals surface area contributed by atoms with Gasteiger partial charge in [-0.2, -0.15) is 0 Å². The summed E-state index contributed by atoms with van der Waals surface area (Å²) in [6.45, 7) is 1.09. The largest absolute Gasteiger partial charge is 0.376 e. The van der Waals surface area contributed by atoms with Gasteiger partial charge >= 0.3 is 0 Å². The molecule has 1 fully saturated rings. The third kappa shape index (κ3) is 4.44. The van der Waals surface area contributed by atoms with Crippen LogP contribution in [0.3, 0.4) is 0 Å². The van der Waals surface area contributed by atoms with Gasteiger partial charge in [-0.05, 0) is 67.5 Å². The molecule has 1 aliphatic heterocycles. The van der Waals surface area contributed by atoms with Gasteiger partial charge in [0.2, 0.25) is 5.91 Å². The van der Waals surface area contributed by atoms with Crippen LogP contribution in [0.5, 0.6) is 0 Å². The predicted octanol–water partition coefficient (Wildman–Crippen LogP) is 4.16. The average molecular weight is 471 g/mol. The number of hydrogen-bond donors (Lipinski definition) is 0. The van der Waals surface area contributed by atoms with E-state index in [0.717, 1.165) is 47.9 Å². The average Bonchev–Trinajstić information content (AvgIpc) is 3.55. The van der Waals surface area contributed by atoms with Gasteiger partial charge in [0, 0.05) is 13.0 Å². The molecule has 1 atom stereocenters. The highest BCUT2D eigenvalue weighted by Crippen LogP contribution is 2.31. The molecule has 168 valence electrons. The molecule has 5 rings (SSSR count). The van der Waals surface area contributed by atoms with E-state index in [1.807, 2.05) is 30.3 Å². The minimum Gasteiger partial charge on any atom is -0.376 e. The van der Waals surface area contributed by atoms with Crippen molar-refractivity contribution in [2.24, 2.45) is 0 Å². The molecule has 2 heterocycles. The van der Waals surface area contributed by atoms with Crippen molar-refractivity contribution in [3.8, 4) is 0 Å². The van der Waals surface area contributed by atoms with Crippen LogP contribution in [0.2, 0.25) is 0 Å². The summed E-state index contributed by atoms with van der Waals surface area (Å²) >= 11 is 1.45. The number of aromatic nitrogens is 1. The molecule has 0 N–H and O–H groups in total. The van der Waals surface area contributed by atoms with E-state index in [9.17, 15) is 13.2 Å². The van der Waals surface area contributed by atoms with Gasteiger partial charge < -0.3 is 4.74 Å². The standard InChI is InChI=1S/C24H26N2O4S2/c27-23(12-14-32(28,29)20-11-10-17-5-3-6-18(17)15-20)26(16-19-7-4-13-30-19)24-25-21-8-1-2-9-22(21)31-24/h1-2,8-11,15,19H,3-7,12-14,16H2. The van der Waals surface area contributed by atoms with Crippen LogP contribution in [-0.4, -0.2) is 44.3 Å². The fourth-order valence-electron chi connectivity index (χ4n) is 4.47. The van der Waals surface area contributed by atoms with Crippen LogP contribution in [0.15, 0.2) is 47.4 Å². The van der Waals surface area contributed by atoms with E-state index >= 15 is 0 Å². The Morgan fingerprint density at radius 3 is 2.78 bits per heavy atom. The summed E-state index contributed by atoms with van der Waals surface area (Å²) in [5, 5.41) is 0.599. The molecule has 1 unspecified atom stereocenters. The van der Waals surface area contributed by atoms with Crippen molar-refractivity contribution in [1.29, 1.82) is 0 Å². The Morgan fingerprint density at radius 1 is 1.12 bits per heavy atom. The van der Waals surface area contributed by atoms with Crippen LogP contribution in [0, 0.1) is 0 Å². The third-order valence-electron chi connectivity index (χ3n) is 6.24. The highest BCUT2D eigenvalue weighted by molar-refractivity contribution is 7.91. The van der Waals surface area contributed by atoms with Crippen LogP contribution < -0.4 is 4.90 Å². The lowest BCUT2D eigenvalue weighted by Crippen LogP contribution is -2.38. The quantitative estimate of drug-likeness (QED) is 0.518. The SMILES string of the molecule is O=C(CCS(=O)(=O)c1ccc2c(c1)CCC2)N(CC1CCCO1)c1nc2ccccc2s1. The van der Waals surface area contributed by atoms with Gasteiger partial charge in [-0.15, -0.1) is 0 Å². The number of rotatable bonds is 7. The predicted molar refractivity (Wildman–Crippen MR) is 126 cm³/mol. The summed E-state index contributed by atoms with van der Waals surface area (Å²) in [5.74, 6) is -0.443. The maximum Gasteiger partial charge on any atom is 0.229 e. The van der Waals surface area contributed by atoms with Crippen LogP contribution in [-0.2, 0) is 32.2 Å². The Labute approximate surface area is 192 Å². The van der Waals surface area contributed by atoms with Crippen molar-refractivity contribution >= 4 is 42.4 Å². The van der Waals surface area contributed by atoms with Crippen molar-refractivity contribution in [3.63, 3.8) is 0 Å². The first-order valence-corrected chi connectivity index (χ1v) is 13.6. The van der Waals surface area contributed by atoms with Crippen LogP contribution in [0.1, 0.15) is 36.8 Å². The Hall–Kier alpha value is -2.29. The molecule has 2 aromatic carbocycles. The van der Waals surface area contributed by atoms with Crippen molar-refractivity contribution in [3.05, 3.63) is 53.6 Å². The lowest BCUT2D eigenvalue weighted by atomic mass is 10.1. The number of carbonyl (C=O) groups is 1. The second kappa shape index (κ2) is 8.92. The normalized spacial score (nSPS) is 18.2. The second-order valence-electron chi connectivity index (χ2n) is 8.46. The Balaban J connectivity index is 1.35. The third-order valence-corrected chi connectivity index (χ3v) is 9.01. The lowest BCUT2D eigenvalue weighted by Gasteiger charge is -2.23. The molecule has 3 aromatic rings. The topological polar surface area (TPSA) is 76.6 Å². The van der Waals surface area contributed by atoms with E-state index < -0.39 is 9.84 Å². The van der Waals surface area contributed by atoms with E-state index in [4.69, 9.17) is 4.74 Å². The van der Waals surface area contributed by atoms with Gasteiger partial charge in [0.05, 0.1) is 33.5 Å². The molecule has 0 spiro atoms. The molecular weight excluding hydrogens is 444 g/mol.